The van der Waals surface area contributed by atoms with Gasteiger partial charge < -0.3 is 15.0 Å². The van der Waals surface area contributed by atoms with Crippen molar-refractivity contribution in [3.05, 3.63) is 22.4 Å². The summed E-state index contributed by atoms with van der Waals surface area (Å²) in [6, 6.07) is 2.28. The highest BCUT2D eigenvalue weighted by Crippen LogP contribution is 2.37. The molecule has 19 heavy (non-hydrogen) atoms. The van der Waals surface area contributed by atoms with Crippen molar-refractivity contribution < 1.29 is 14.7 Å². The average molecular weight is 329 g/mol. The third-order valence-electron chi connectivity index (χ3n) is 3.09. The van der Waals surface area contributed by atoms with Crippen LogP contribution >= 0.6 is 15.9 Å². The van der Waals surface area contributed by atoms with Crippen LogP contribution in [0.5, 0.6) is 0 Å². The van der Waals surface area contributed by atoms with Crippen molar-refractivity contribution in [2.75, 3.05) is 6.54 Å². The van der Waals surface area contributed by atoms with Gasteiger partial charge in [-0.2, -0.15) is 0 Å². The standard InChI is InChI=1S/C13H17BrN2O3/c14-9-7-11(16(8-9)10-4-5-10)13(19)15-6-2-1-3-12(17)18/h7-8,10H,1-6H2,(H,15,19)(H,17,18). The number of carboxylic acid groups (broad SMARTS) is 1. The Morgan fingerprint density at radius 3 is 2.79 bits per heavy atom. The molecular weight excluding hydrogens is 312 g/mol. The van der Waals surface area contributed by atoms with Crippen molar-refractivity contribution in [2.45, 2.75) is 38.1 Å². The second-order valence-corrected chi connectivity index (χ2v) is 5.70. The average Bonchev–Trinajstić information content (AvgIpc) is 3.11. The number of hydrogen-bond acceptors (Lipinski definition) is 2. The van der Waals surface area contributed by atoms with Crippen molar-refractivity contribution in [2.24, 2.45) is 0 Å². The molecule has 1 aromatic rings. The zero-order chi connectivity index (χ0) is 13.8. The topological polar surface area (TPSA) is 71.3 Å². The summed E-state index contributed by atoms with van der Waals surface area (Å²) in [4.78, 5) is 22.4. The normalized spacial score (nSPS) is 14.4. The Bertz CT molecular complexity index is 480. The summed E-state index contributed by atoms with van der Waals surface area (Å²) in [6.45, 7) is 0.513. The molecule has 1 aliphatic rings. The molecule has 5 nitrogen and oxygen atoms in total. The lowest BCUT2D eigenvalue weighted by molar-refractivity contribution is -0.137. The maximum atomic E-state index is 12.0. The molecule has 1 amide bonds. The highest BCUT2D eigenvalue weighted by Gasteiger charge is 2.27. The predicted octanol–water partition coefficient (Wildman–Crippen LogP) is 2.57. The van der Waals surface area contributed by atoms with Gasteiger partial charge >= 0.3 is 5.97 Å². The fourth-order valence-corrected chi connectivity index (χ4v) is 2.41. The highest BCUT2D eigenvalue weighted by molar-refractivity contribution is 9.10. The van der Waals surface area contributed by atoms with Crippen LogP contribution in [0.1, 0.15) is 48.6 Å². The molecule has 0 aromatic carbocycles. The molecule has 1 fully saturated rings. The Morgan fingerprint density at radius 2 is 2.16 bits per heavy atom. The lowest BCUT2D eigenvalue weighted by Gasteiger charge is -2.08. The molecule has 104 valence electrons. The van der Waals surface area contributed by atoms with Crippen molar-refractivity contribution >= 4 is 27.8 Å². The number of unbranched alkanes of at least 4 members (excludes halogenated alkanes) is 1. The van der Waals surface area contributed by atoms with E-state index in [2.05, 4.69) is 21.2 Å². The first-order valence-corrected chi connectivity index (χ1v) is 7.24. The molecule has 0 unspecified atom stereocenters. The molecule has 2 rings (SSSR count). The van der Waals surface area contributed by atoms with Gasteiger partial charge in [-0.25, -0.2) is 0 Å². The van der Waals surface area contributed by atoms with E-state index in [0.29, 0.717) is 31.1 Å². The van der Waals surface area contributed by atoms with Crippen molar-refractivity contribution in [1.82, 2.24) is 9.88 Å². The second kappa shape index (κ2) is 6.23. The second-order valence-electron chi connectivity index (χ2n) is 4.79. The molecule has 6 heteroatoms. The summed E-state index contributed by atoms with van der Waals surface area (Å²) in [7, 11) is 0. The van der Waals surface area contributed by atoms with Gasteiger partial charge in [0.2, 0.25) is 0 Å². The van der Waals surface area contributed by atoms with Crippen LogP contribution in [0.25, 0.3) is 0 Å². The Kier molecular flexibility index (Phi) is 4.63. The van der Waals surface area contributed by atoms with Crippen LogP contribution in [0, 0.1) is 0 Å². The molecule has 0 saturated heterocycles. The highest BCUT2D eigenvalue weighted by atomic mass is 79.9. The molecular formula is C13H17BrN2O3. The van der Waals surface area contributed by atoms with E-state index in [-0.39, 0.29) is 12.3 Å². The van der Waals surface area contributed by atoms with Gasteiger partial charge in [0.05, 0.1) is 0 Å². The number of aromatic nitrogens is 1. The quantitative estimate of drug-likeness (QED) is 0.755. The summed E-state index contributed by atoms with van der Waals surface area (Å²) in [5, 5.41) is 11.3. The lowest BCUT2D eigenvalue weighted by Crippen LogP contribution is -2.26. The third kappa shape index (κ3) is 4.09. The van der Waals surface area contributed by atoms with Crippen molar-refractivity contribution in [3.63, 3.8) is 0 Å². The van der Waals surface area contributed by atoms with Gasteiger partial charge in [0.1, 0.15) is 5.69 Å². The SMILES string of the molecule is O=C(O)CCCCNC(=O)c1cc(Br)cn1C1CC1. The zero-order valence-electron chi connectivity index (χ0n) is 10.6. The Labute approximate surface area is 120 Å². The third-order valence-corrected chi connectivity index (χ3v) is 3.52. The largest absolute Gasteiger partial charge is 0.481 e. The zero-order valence-corrected chi connectivity index (χ0v) is 12.1. The Morgan fingerprint density at radius 1 is 1.42 bits per heavy atom. The van der Waals surface area contributed by atoms with Crippen LogP contribution in [-0.2, 0) is 4.79 Å². The van der Waals surface area contributed by atoms with Crippen molar-refractivity contribution in [3.8, 4) is 0 Å². The number of rotatable bonds is 7. The van der Waals surface area contributed by atoms with E-state index in [4.69, 9.17) is 5.11 Å². The van der Waals surface area contributed by atoms with E-state index < -0.39 is 5.97 Å². The van der Waals surface area contributed by atoms with Gasteiger partial charge in [-0.3, -0.25) is 9.59 Å². The number of aliphatic carboxylic acids is 1. The molecule has 0 aliphatic heterocycles. The number of carboxylic acids is 1. The molecule has 2 N–H and O–H groups in total. The van der Waals surface area contributed by atoms with Gasteiger partial charge in [0, 0.05) is 29.7 Å². The molecule has 0 spiro atoms. The maximum absolute atomic E-state index is 12.0. The van der Waals surface area contributed by atoms with E-state index in [1.165, 1.54) is 0 Å². The number of carbonyl (C=O) groups is 2. The summed E-state index contributed by atoms with van der Waals surface area (Å²) >= 11 is 3.39. The van der Waals surface area contributed by atoms with Crippen LogP contribution in [0.3, 0.4) is 0 Å². The van der Waals surface area contributed by atoms with Crippen LogP contribution in [0.15, 0.2) is 16.7 Å². The summed E-state index contributed by atoms with van der Waals surface area (Å²) < 4.78 is 2.92. The fourth-order valence-electron chi connectivity index (χ4n) is 1.98. The van der Waals surface area contributed by atoms with E-state index in [9.17, 15) is 9.59 Å². The molecule has 0 bridgehead atoms. The van der Waals surface area contributed by atoms with Gasteiger partial charge in [-0.1, -0.05) is 0 Å². The van der Waals surface area contributed by atoms with Crippen LogP contribution in [0.4, 0.5) is 0 Å². The monoisotopic (exact) mass is 328 g/mol. The first kappa shape index (κ1) is 14.1. The summed E-state index contributed by atoms with van der Waals surface area (Å²) in [5.41, 5.74) is 0.674. The predicted molar refractivity (Wildman–Crippen MR) is 74.2 cm³/mol. The lowest BCUT2D eigenvalue weighted by atomic mass is 10.2. The first-order valence-electron chi connectivity index (χ1n) is 6.45. The number of carbonyl (C=O) groups excluding carboxylic acids is 1. The number of nitrogens with one attached hydrogen (secondary N) is 1. The minimum atomic E-state index is -0.794. The summed E-state index contributed by atoms with van der Waals surface area (Å²) in [6.07, 6.45) is 5.61. The molecule has 0 radical (unpaired) electrons. The van der Waals surface area contributed by atoms with Crippen LogP contribution < -0.4 is 5.32 Å². The van der Waals surface area contributed by atoms with Gasteiger partial charge in [0.25, 0.3) is 5.91 Å². The van der Waals surface area contributed by atoms with Crippen molar-refractivity contribution in [1.29, 1.82) is 0 Å². The first-order chi connectivity index (χ1) is 9.08. The molecule has 1 aromatic heterocycles. The Balaban J connectivity index is 1.81. The summed E-state index contributed by atoms with van der Waals surface area (Å²) in [5.74, 6) is -0.884. The number of nitrogens with zero attached hydrogens (tertiary/aromatic N) is 1. The Hall–Kier alpha value is -1.30. The molecule has 1 heterocycles. The van der Waals surface area contributed by atoms with Crippen LogP contribution in [0.2, 0.25) is 0 Å². The smallest absolute Gasteiger partial charge is 0.303 e. The van der Waals surface area contributed by atoms with E-state index in [0.717, 1.165) is 17.3 Å². The van der Waals surface area contributed by atoms with E-state index in [1.807, 2.05) is 16.8 Å². The van der Waals surface area contributed by atoms with Gasteiger partial charge in [-0.15, -0.1) is 0 Å². The number of hydrogen-bond donors (Lipinski definition) is 2. The molecule has 1 saturated carbocycles. The number of halogens is 1. The minimum Gasteiger partial charge on any atom is -0.481 e. The van der Waals surface area contributed by atoms with E-state index in [1.54, 1.807) is 0 Å². The van der Waals surface area contributed by atoms with Gasteiger partial charge in [0.15, 0.2) is 0 Å². The van der Waals surface area contributed by atoms with E-state index >= 15 is 0 Å². The maximum Gasteiger partial charge on any atom is 0.303 e. The van der Waals surface area contributed by atoms with Crippen LogP contribution in [-0.4, -0.2) is 28.1 Å². The number of amides is 1. The fraction of sp³-hybridized carbons (Fsp3) is 0.538. The minimum absolute atomic E-state index is 0.0899. The van der Waals surface area contributed by atoms with Gasteiger partial charge in [-0.05, 0) is 47.7 Å². The molecule has 0 atom stereocenters. The molecule has 1 aliphatic carbocycles.